The molecule has 0 heterocycles. The molecule has 0 spiro atoms. The first-order valence-corrected chi connectivity index (χ1v) is 6.17. The maximum atomic E-state index is 10.3. The van der Waals surface area contributed by atoms with Crippen LogP contribution in [-0.2, 0) is 4.79 Å². The van der Waals surface area contributed by atoms with Crippen molar-refractivity contribution in [1.82, 2.24) is 0 Å². The SMILES string of the molecule is CC[N+](CC)(CC)CCCCCC(=O)O. The molecule has 90 valence electrons. The van der Waals surface area contributed by atoms with E-state index in [1.807, 2.05) is 0 Å². The summed E-state index contributed by atoms with van der Waals surface area (Å²) in [5.41, 5.74) is 0. The minimum Gasteiger partial charge on any atom is -0.481 e. The van der Waals surface area contributed by atoms with Crippen LogP contribution >= 0.6 is 0 Å². The van der Waals surface area contributed by atoms with Crippen molar-refractivity contribution in [2.45, 2.75) is 46.5 Å². The lowest BCUT2D eigenvalue weighted by Crippen LogP contribution is -2.48. The molecule has 0 aliphatic carbocycles. The van der Waals surface area contributed by atoms with Gasteiger partial charge in [0.25, 0.3) is 0 Å². The van der Waals surface area contributed by atoms with Gasteiger partial charge in [-0.25, -0.2) is 0 Å². The summed E-state index contributed by atoms with van der Waals surface area (Å²) in [5.74, 6) is -0.669. The summed E-state index contributed by atoms with van der Waals surface area (Å²) in [6, 6.07) is 0. The number of unbranched alkanes of at least 4 members (excludes halogenated alkanes) is 2. The molecule has 0 bridgehead atoms. The van der Waals surface area contributed by atoms with Gasteiger partial charge in [-0.1, -0.05) is 0 Å². The van der Waals surface area contributed by atoms with Crippen molar-refractivity contribution in [3.05, 3.63) is 0 Å². The molecule has 1 N–H and O–H groups in total. The molecule has 0 saturated carbocycles. The lowest BCUT2D eigenvalue weighted by Gasteiger charge is -2.35. The third-order valence-electron chi connectivity index (χ3n) is 3.54. The number of rotatable bonds is 9. The Labute approximate surface area is 93.7 Å². The van der Waals surface area contributed by atoms with Gasteiger partial charge in [0, 0.05) is 6.42 Å². The molecule has 0 atom stereocenters. The quantitative estimate of drug-likeness (QED) is 0.475. The fourth-order valence-electron chi connectivity index (χ4n) is 2.05. The molecule has 15 heavy (non-hydrogen) atoms. The molecule has 0 aliphatic heterocycles. The third-order valence-corrected chi connectivity index (χ3v) is 3.54. The van der Waals surface area contributed by atoms with Crippen LogP contribution in [-0.4, -0.2) is 41.7 Å². The number of nitrogens with zero attached hydrogens (tertiary/aromatic N) is 1. The molecule has 3 nitrogen and oxygen atoms in total. The monoisotopic (exact) mass is 216 g/mol. The molecule has 0 radical (unpaired) electrons. The summed E-state index contributed by atoms with van der Waals surface area (Å²) in [4.78, 5) is 10.3. The van der Waals surface area contributed by atoms with Gasteiger partial charge >= 0.3 is 5.97 Å². The van der Waals surface area contributed by atoms with Gasteiger partial charge in [0.1, 0.15) is 0 Å². The highest BCUT2D eigenvalue weighted by Gasteiger charge is 2.19. The molecule has 0 aromatic heterocycles. The minimum atomic E-state index is -0.669. The molecule has 0 saturated heterocycles. The summed E-state index contributed by atoms with van der Waals surface area (Å²) in [5, 5.41) is 8.51. The molecule has 0 aromatic rings. The highest BCUT2D eigenvalue weighted by molar-refractivity contribution is 5.66. The maximum absolute atomic E-state index is 10.3. The van der Waals surface area contributed by atoms with Crippen LogP contribution in [0.1, 0.15) is 46.5 Å². The van der Waals surface area contributed by atoms with Crippen molar-refractivity contribution in [3.8, 4) is 0 Å². The van der Waals surface area contributed by atoms with E-state index in [4.69, 9.17) is 5.11 Å². The van der Waals surface area contributed by atoms with E-state index in [1.54, 1.807) is 0 Å². The topological polar surface area (TPSA) is 37.3 Å². The van der Waals surface area contributed by atoms with Crippen molar-refractivity contribution >= 4 is 5.97 Å². The number of hydrogen-bond acceptors (Lipinski definition) is 1. The van der Waals surface area contributed by atoms with Crippen LogP contribution in [0.15, 0.2) is 0 Å². The van der Waals surface area contributed by atoms with Gasteiger partial charge < -0.3 is 9.59 Å². The Morgan fingerprint density at radius 1 is 1.00 bits per heavy atom. The smallest absolute Gasteiger partial charge is 0.303 e. The van der Waals surface area contributed by atoms with Gasteiger partial charge in [0.05, 0.1) is 26.2 Å². The van der Waals surface area contributed by atoms with E-state index in [0.717, 1.165) is 19.3 Å². The Kier molecular flexibility index (Phi) is 7.39. The average molecular weight is 216 g/mol. The second-order valence-corrected chi connectivity index (χ2v) is 4.22. The molecule has 3 heteroatoms. The molecule has 0 fully saturated rings. The van der Waals surface area contributed by atoms with Gasteiger partial charge in [-0.15, -0.1) is 0 Å². The Bertz CT molecular complexity index is 168. The zero-order chi connectivity index (χ0) is 11.7. The Morgan fingerprint density at radius 3 is 1.93 bits per heavy atom. The van der Waals surface area contributed by atoms with Crippen LogP contribution in [0.25, 0.3) is 0 Å². The fraction of sp³-hybridized carbons (Fsp3) is 0.917. The maximum Gasteiger partial charge on any atom is 0.303 e. The van der Waals surface area contributed by atoms with Gasteiger partial charge in [-0.05, 0) is 40.0 Å². The van der Waals surface area contributed by atoms with Gasteiger partial charge in [-0.2, -0.15) is 0 Å². The molecular weight excluding hydrogens is 190 g/mol. The summed E-state index contributed by atoms with van der Waals surface area (Å²) >= 11 is 0. The van der Waals surface area contributed by atoms with Crippen LogP contribution in [0, 0.1) is 0 Å². The van der Waals surface area contributed by atoms with E-state index in [-0.39, 0.29) is 0 Å². The zero-order valence-electron chi connectivity index (χ0n) is 10.5. The summed E-state index contributed by atoms with van der Waals surface area (Å²) in [6.45, 7) is 11.5. The molecule has 0 aromatic carbocycles. The van der Waals surface area contributed by atoms with Crippen molar-refractivity contribution in [1.29, 1.82) is 0 Å². The standard InChI is InChI=1S/C12H25NO2/c1-4-13(5-2,6-3)11-9-7-8-10-12(14)15/h4-11H2,1-3H3/p+1. The first-order valence-electron chi connectivity index (χ1n) is 6.17. The number of quaternary nitrogens is 1. The molecule has 0 rings (SSSR count). The number of hydrogen-bond donors (Lipinski definition) is 1. The van der Waals surface area contributed by atoms with Crippen LogP contribution < -0.4 is 0 Å². The predicted octanol–water partition coefficient (Wildman–Crippen LogP) is 2.51. The lowest BCUT2D eigenvalue weighted by atomic mass is 10.1. The average Bonchev–Trinajstić information content (AvgIpc) is 2.24. The van der Waals surface area contributed by atoms with Crippen LogP contribution in [0.5, 0.6) is 0 Å². The van der Waals surface area contributed by atoms with Gasteiger partial charge in [-0.3, -0.25) is 4.79 Å². The minimum absolute atomic E-state index is 0.324. The summed E-state index contributed by atoms with van der Waals surface area (Å²) in [6.07, 6.45) is 3.35. The predicted molar refractivity (Wildman–Crippen MR) is 62.9 cm³/mol. The normalized spacial score (nSPS) is 11.7. The molecule has 0 unspecified atom stereocenters. The summed E-state index contributed by atoms with van der Waals surface area (Å²) in [7, 11) is 0. The number of carboxylic acid groups (broad SMARTS) is 1. The second kappa shape index (κ2) is 7.69. The largest absolute Gasteiger partial charge is 0.481 e. The van der Waals surface area contributed by atoms with E-state index >= 15 is 0 Å². The molecule has 0 aliphatic rings. The van der Waals surface area contributed by atoms with E-state index in [2.05, 4.69) is 20.8 Å². The number of carbonyl (C=O) groups is 1. The lowest BCUT2D eigenvalue weighted by molar-refractivity contribution is -0.923. The van der Waals surface area contributed by atoms with Crippen LogP contribution in [0.2, 0.25) is 0 Å². The first-order chi connectivity index (χ1) is 7.10. The number of aliphatic carboxylic acids is 1. The van der Waals surface area contributed by atoms with E-state index in [9.17, 15) is 4.79 Å². The number of carboxylic acids is 1. The first kappa shape index (κ1) is 14.4. The molecule has 0 amide bonds. The highest BCUT2D eigenvalue weighted by Crippen LogP contribution is 2.10. The fourth-order valence-corrected chi connectivity index (χ4v) is 2.05. The summed E-state index contributed by atoms with van der Waals surface area (Å²) < 4.78 is 1.17. The van der Waals surface area contributed by atoms with E-state index < -0.39 is 5.97 Å². The van der Waals surface area contributed by atoms with E-state index in [0.29, 0.717) is 6.42 Å². The molecular formula is C12H26NO2+. The van der Waals surface area contributed by atoms with Crippen LogP contribution in [0.4, 0.5) is 0 Å². The third kappa shape index (κ3) is 5.78. The zero-order valence-corrected chi connectivity index (χ0v) is 10.5. The van der Waals surface area contributed by atoms with Gasteiger partial charge in [0.2, 0.25) is 0 Å². The van der Waals surface area contributed by atoms with Crippen LogP contribution in [0.3, 0.4) is 0 Å². The Hall–Kier alpha value is -0.570. The highest BCUT2D eigenvalue weighted by atomic mass is 16.4. The Morgan fingerprint density at radius 2 is 1.53 bits per heavy atom. The van der Waals surface area contributed by atoms with Crippen molar-refractivity contribution in [2.24, 2.45) is 0 Å². The van der Waals surface area contributed by atoms with E-state index in [1.165, 1.54) is 30.7 Å². The second-order valence-electron chi connectivity index (χ2n) is 4.22. The van der Waals surface area contributed by atoms with Gasteiger partial charge in [0.15, 0.2) is 0 Å². The van der Waals surface area contributed by atoms with Crippen molar-refractivity contribution in [2.75, 3.05) is 26.2 Å². The van der Waals surface area contributed by atoms with Crippen molar-refractivity contribution < 1.29 is 14.4 Å². The van der Waals surface area contributed by atoms with Crippen molar-refractivity contribution in [3.63, 3.8) is 0 Å². The Balaban J connectivity index is 3.67.